The minimum Gasteiger partial charge on any atom is -0.313 e. The number of hydrogen-bond acceptors (Lipinski definition) is 4. The van der Waals surface area contributed by atoms with Gasteiger partial charge in [0.1, 0.15) is 12.2 Å². The summed E-state index contributed by atoms with van der Waals surface area (Å²) in [6.07, 6.45) is 3.31. The molecule has 0 unspecified atom stereocenters. The number of rotatable bonds is 3. The van der Waals surface area contributed by atoms with Crippen LogP contribution in [0.25, 0.3) is 5.82 Å². The van der Waals surface area contributed by atoms with Crippen molar-refractivity contribution in [1.82, 2.24) is 25.1 Å². The van der Waals surface area contributed by atoms with Gasteiger partial charge in [-0.2, -0.15) is 9.78 Å². The van der Waals surface area contributed by atoms with E-state index in [1.807, 2.05) is 26.1 Å². The maximum absolute atomic E-state index is 4.26. The average Bonchev–Trinajstić information content (AvgIpc) is 2.66. The van der Waals surface area contributed by atoms with Crippen LogP contribution in [-0.2, 0) is 6.54 Å². The number of pyridine rings is 1. The van der Waals surface area contributed by atoms with Gasteiger partial charge in [0.05, 0.1) is 6.54 Å². The number of aromatic nitrogens is 4. The summed E-state index contributed by atoms with van der Waals surface area (Å²) in [5.41, 5.74) is 1.16. The van der Waals surface area contributed by atoms with Crippen molar-refractivity contribution in [3.05, 3.63) is 36.0 Å². The van der Waals surface area contributed by atoms with E-state index >= 15 is 0 Å². The lowest BCUT2D eigenvalue weighted by Gasteiger charge is -2.04. The highest BCUT2D eigenvalue weighted by atomic mass is 15.4. The van der Waals surface area contributed by atoms with Crippen molar-refractivity contribution in [2.45, 2.75) is 13.5 Å². The Balaban J connectivity index is 2.40. The van der Waals surface area contributed by atoms with Gasteiger partial charge in [0, 0.05) is 6.20 Å². The summed E-state index contributed by atoms with van der Waals surface area (Å²) >= 11 is 0. The summed E-state index contributed by atoms with van der Waals surface area (Å²) in [4.78, 5) is 8.42. The lowest BCUT2D eigenvalue weighted by molar-refractivity contribution is 0.702. The Morgan fingerprint density at radius 1 is 1.40 bits per heavy atom. The van der Waals surface area contributed by atoms with Gasteiger partial charge in [0.15, 0.2) is 5.82 Å². The van der Waals surface area contributed by atoms with Crippen LogP contribution in [-0.4, -0.2) is 26.8 Å². The highest BCUT2D eigenvalue weighted by Crippen LogP contribution is 2.06. The fourth-order valence-electron chi connectivity index (χ4n) is 1.37. The van der Waals surface area contributed by atoms with Crippen LogP contribution in [0.15, 0.2) is 24.7 Å². The first kappa shape index (κ1) is 9.79. The van der Waals surface area contributed by atoms with Crippen molar-refractivity contribution in [2.24, 2.45) is 0 Å². The Kier molecular flexibility index (Phi) is 2.73. The van der Waals surface area contributed by atoms with Crippen LogP contribution in [0.4, 0.5) is 0 Å². The van der Waals surface area contributed by atoms with Gasteiger partial charge in [0.25, 0.3) is 0 Å². The topological polar surface area (TPSA) is 55.6 Å². The third-order valence-corrected chi connectivity index (χ3v) is 2.07. The van der Waals surface area contributed by atoms with E-state index in [-0.39, 0.29) is 0 Å². The van der Waals surface area contributed by atoms with Gasteiger partial charge in [-0.25, -0.2) is 9.97 Å². The molecule has 0 saturated heterocycles. The van der Waals surface area contributed by atoms with E-state index < -0.39 is 0 Å². The van der Waals surface area contributed by atoms with Crippen LogP contribution < -0.4 is 5.32 Å². The molecular formula is C10H13N5. The molecule has 0 aliphatic heterocycles. The monoisotopic (exact) mass is 203 g/mol. The van der Waals surface area contributed by atoms with Crippen molar-refractivity contribution in [1.29, 1.82) is 0 Å². The molecule has 0 aliphatic rings. The molecule has 0 radical (unpaired) electrons. The summed E-state index contributed by atoms with van der Waals surface area (Å²) in [6, 6.07) is 3.94. The minimum atomic E-state index is 0.676. The van der Waals surface area contributed by atoms with Crippen LogP contribution >= 0.6 is 0 Å². The first-order chi connectivity index (χ1) is 7.31. The van der Waals surface area contributed by atoms with E-state index in [4.69, 9.17) is 0 Å². The minimum absolute atomic E-state index is 0.676. The smallest absolute Gasteiger partial charge is 0.155 e. The van der Waals surface area contributed by atoms with Gasteiger partial charge in [-0.15, -0.1) is 0 Å². The lowest BCUT2D eigenvalue weighted by atomic mass is 10.3. The van der Waals surface area contributed by atoms with Crippen LogP contribution in [0.2, 0.25) is 0 Å². The molecule has 2 aromatic heterocycles. The molecule has 0 fully saturated rings. The number of nitrogens with zero attached hydrogens (tertiary/aromatic N) is 4. The molecule has 5 nitrogen and oxygen atoms in total. The van der Waals surface area contributed by atoms with Gasteiger partial charge in [0.2, 0.25) is 0 Å². The predicted octanol–water partition coefficient (Wildman–Crippen LogP) is 0.690. The number of hydrogen-bond donors (Lipinski definition) is 1. The molecule has 0 aliphatic carbocycles. The fraction of sp³-hybridized carbons (Fsp3) is 0.300. The first-order valence-corrected chi connectivity index (χ1v) is 4.78. The normalized spacial score (nSPS) is 10.5. The highest BCUT2D eigenvalue weighted by Gasteiger charge is 2.06. The molecule has 1 N–H and O–H groups in total. The Labute approximate surface area is 88.2 Å². The fourth-order valence-corrected chi connectivity index (χ4v) is 1.37. The third-order valence-electron chi connectivity index (χ3n) is 2.07. The number of nitrogens with one attached hydrogen (secondary N) is 1. The van der Waals surface area contributed by atoms with Gasteiger partial charge < -0.3 is 5.32 Å². The van der Waals surface area contributed by atoms with Crippen LogP contribution in [0.5, 0.6) is 0 Å². The lowest BCUT2D eigenvalue weighted by Crippen LogP contribution is -2.13. The molecule has 2 heterocycles. The molecule has 0 spiro atoms. The summed E-state index contributed by atoms with van der Waals surface area (Å²) in [5, 5.41) is 7.19. The second-order valence-electron chi connectivity index (χ2n) is 3.31. The largest absolute Gasteiger partial charge is 0.313 e. The molecule has 0 aromatic carbocycles. The molecule has 0 atom stereocenters. The Morgan fingerprint density at radius 2 is 2.27 bits per heavy atom. The van der Waals surface area contributed by atoms with Gasteiger partial charge >= 0.3 is 0 Å². The van der Waals surface area contributed by atoms with Crippen molar-refractivity contribution in [2.75, 3.05) is 7.05 Å². The van der Waals surface area contributed by atoms with E-state index in [2.05, 4.69) is 20.4 Å². The molecular weight excluding hydrogens is 190 g/mol. The molecule has 5 heteroatoms. The standard InChI is InChI=1S/C10H13N5/c1-8-3-4-12-9(5-8)15-10(6-11-2)13-7-14-15/h3-5,7,11H,6H2,1-2H3. The highest BCUT2D eigenvalue weighted by molar-refractivity contribution is 5.26. The summed E-state index contributed by atoms with van der Waals surface area (Å²) in [6.45, 7) is 2.70. The molecule has 2 rings (SSSR count). The van der Waals surface area contributed by atoms with E-state index in [9.17, 15) is 0 Å². The second-order valence-corrected chi connectivity index (χ2v) is 3.31. The van der Waals surface area contributed by atoms with Crippen LogP contribution in [0.1, 0.15) is 11.4 Å². The van der Waals surface area contributed by atoms with Gasteiger partial charge in [-0.1, -0.05) is 0 Å². The van der Waals surface area contributed by atoms with E-state index in [1.165, 1.54) is 6.33 Å². The Hall–Kier alpha value is -1.75. The zero-order chi connectivity index (χ0) is 10.7. The molecule has 2 aromatic rings. The molecule has 0 amide bonds. The molecule has 0 bridgehead atoms. The van der Waals surface area contributed by atoms with Crippen molar-refractivity contribution >= 4 is 0 Å². The summed E-state index contributed by atoms with van der Waals surface area (Å²) < 4.78 is 1.74. The number of aryl methyl sites for hydroxylation is 1. The van der Waals surface area contributed by atoms with Gasteiger partial charge in [-0.05, 0) is 31.7 Å². The Bertz CT molecular complexity index is 449. The molecule has 15 heavy (non-hydrogen) atoms. The Morgan fingerprint density at radius 3 is 3.00 bits per heavy atom. The van der Waals surface area contributed by atoms with E-state index in [1.54, 1.807) is 10.9 Å². The van der Waals surface area contributed by atoms with E-state index in [0.29, 0.717) is 6.54 Å². The van der Waals surface area contributed by atoms with Crippen LogP contribution in [0.3, 0.4) is 0 Å². The summed E-state index contributed by atoms with van der Waals surface area (Å²) in [5.74, 6) is 1.66. The second kappa shape index (κ2) is 4.18. The van der Waals surface area contributed by atoms with E-state index in [0.717, 1.165) is 17.2 Å². The molecule has 78 valence electrons. The zero-order valence-corrected chi connectivity index (χ0v) is 8.81. The predicted molar refractivity (Wildman–Crippen MR) is 56.7 cm³/mol. The van der Waals surface area contributed by atoms with Gasteiger partial charge in [-0.3, -0.25) is 0 Å². The SMILES string of the molecule is CNCc1ncnn1-c1cc(C)ccn1. The summed E-state index contributed by atoms with van der Waals surface area (Å²) in [7, 11) is 1.88. The maximum Gasteiger partial charge on any atom is 0.155 e. The third kappa shape index (κ3) is 2.02. The first-order valence-electron chi connectivity index (χ1n) is 4.78. The molecule has 0 saturated carbocycles. The quantitative estimate of drug-likeness (QED) is 0.797. The van der Waals surface area contributed by atoms with Crippen LogP contribution in [0, 0.1) is 6.92 Å². The maximum atomic E-state index is 4.26. The average molecular weight is 203 g/mol. The zero-order valence-electron chi connectivity index (χ0n) is 8.81. The van der Waals surface area contributed by atoms with Crippen molar-refractivity contribution < 1.29 is 0 Å². The van der Waals surface area contributed by atoms with Crippen molar-refractivity contribution in [3.8, 4) is 5.82 Å². The van der Waals surface area contributed by atoms with Crippen molar-refractivity contribution in [3.63, 3.8) is 0 Å².